The summed E-state index contributed by atoms with van der Waals surface area (Å²) in [5.74, 6) is -0.662. The number of aromatic nitrogens is 2. The predicted molar refractivity (Wildman–Crippen MR) is 109 cm³/mol. The molecule has 1 heterocycles. The molecule has 2 aromatic carbocycles. The van der Waals surface area contributed by atoms with Gasteiger partial charge in [-0.15, -0.1) is 0 Å². The highest BCUT2D eigenvalue weighted by molar-refractivity contribution is 6.36. The fourth-order valence-corrected chi connectivity index (χ4v) is 2.94. The van der Waals surface area contributed by atoms with Crippen LogP contribution in [0.5, 0.6) is 0 Å². The molecule has 144 valence electrons. The van der Waals surface area contributed by atoms with Gasteiger partial charge in [0.2, 0.25) is 0 Å². The predicted octanol–water partition coefficient (Wildman–Crippen LogP) is 4.88. The minimum atomic E-state index is -1.05. The Hall–Kier alpha value is -2.83. The highest BCUT2D eigenvalue weighted by Crippen LogP contribution is 2.25. The zero-order chi connectivity index (χ0) is 20.3. The summed E-state index contributed by atoms with van der Waals surface area (Å²) >= 11 is 11.9. The normalized spacial score (nSPS) is 11.7. The third-order valence-electron chi connectivity index (χ3n) is 3.97. The highest BCUT2D eigenvalue weighted by Gasteiger charge is 2.23. The van der Waals surface area contributed by atoms with Crippen molar-refractivity contribution in [3.63, 3.8) is 0 Å². The van der Waals surface area contributed by atoms with Gasteiger partial charge in [-0.1, -0.05) is 53.5 Å². The van der Waals surface area contributed by atoms with Crippen molar-refractivity contribution in [3.05, 3.63) is 70.0 Å². The van der Waals surface area contributed by atoms with Crippen LogP contribution < -0.4 is 5.32 Å². The molecule has 6 nitrogen and oxygen atoms in total. The van der Waals surface area contributed by atoms with Crippen LogP contribution in [0.15, 0.2) is 48.5 Å². The van der Waals surface area contributed by atoms with E-state index in [2.05, 4.69) is 15.3 Å². The summed E-state index contributed by atoms with van der Waals surface area (Å²) in [6, 6.07) is 14.1. The molecule has 0 saturated carbocycles. The summed E-state index contributed by atoms with van der Waals surface area (Å²) in [5, 5.41) is 3.34. The second-order valence-electron chi connectivity index (χ2n) is 6.09. The third kappa shape index (κ3) is 4.52. The van der Waals surface area contributed by atoms with Gasteiger partial charge in [-0.2, -0.15) is 0 Å². The number of aryl methyl sites for hydroxylation is 1. The van der Waals surface area contributed by atoms with Crippen LogP contribution in [-0.4, -0.2) is 27.9 Å². The van der Waals surface area contributed by atoms with Gasteiger partial charge in [0.15, 0.2) is 11.8 Å². The average molecular weight is 418 g/mol. The fraction of sp³-hybridized carbons (Fsp3) is 0.150. The number of H-pyrrole nitrogens is 1. The number of carbonyl (C=O) groups is 2. The van der Waals surface area contributed by atoms with Gasteiger partial charge in [0.05, 0.1) is 10.7 Å². The Morgan fingerprint density at radius 2 is 1.86 bits per heavy atom. The molecular formula is C20H17Cl2N3O3. The molecule has 28 heavy (non-hydrogen) atoms. The van der Waals surface area contributed by atoms with Crippen LogP contribution in [-0.2, 0) is 9.53 Å². The van der Waals surface area contributed by atoms with Gasteiger partial charge in [0.1, 0.15) is 5.82 Å². The summed E-state index contributed by atoms with van der Waals surface area (Å²) < 4.78 is 5.26. The number of esters is 1. The first kappa shape index (κ1) is 19.9. The maximum Gasteiger partial charge on any atom is 0.359 e. The molecule has 8 heteroatoms. The monoisotopic (exact) mass is 417 g/mol. The second kappa shape index (κ2) is 8.46. The second-order valence-corrected chi connectivity index (χ2v) is 6.93. The molecule has 0 unspecified atom stereocenters. The number of nitrogens with one attached hydrogen (secondary N) is 2. The van der Waals surface area contributed by atoms with E-state index in [4.69, 9.17) is 27.9 Å². The lowest BCUT2D eigenvalue weighted by Crippen LogP contribution is -2.30. The number of anilines is 1. The molecule has 2 N–H and O–H groups in total. The number of rotatable bonds is 5. The smallest absolute Gasteiger partial charge is 0.359 e. The van der Waals surface area contributed by atoms with Crippen LogP contribution in [0.4, 0.5) is 5.69 Å². The van der Waals surface area contributed by atoms with Gasteiger partial charge in [0.25, 0.3) is 5.91 Å². The SMILES string of the molecule is Cc1[nH]c(-c2ccccc2)nc1C(=O)O[C@H](C)C(=O)Nc1ccc(Cl)cc1Cl. The summed E-state index contributed by atoms with van der Waals surface area (Å²) in [5.41, 5.74) is 1.90. The first-order valence-corrected chi connectivity index (χ1v) is 9.19. The van der Waals surface area contributed by atoms with E-state index in [9.17, 15) is 9.59 Å². The van der Waals surface area contributed by atoms with E-state index < -0.39 is 18.0 Å². The lowest BCUT2D eigenvalue weighted by Gasteiger charge is -2.14. The van der Waals surface area contributed by atoms with Gasteiger partial charge in [-0.3, -0.25) is 4.79 Å². The number of carbonyl (C=O) groups excluding carboxylic acids is 2. The van der Waals surface area contributed by atoms with Gasteiger partial charge < -0.3 is 15.0 Å². The largest absolute Gasteiger partial charge is 0.448 e. The Labute approximate surface area is 171 Å². The van der Waals surface area contributed by atoms with Gasteiger partial charge >= 0.3 is 5.97 Å². The summed E-state index contributed by atoms with van der Waals surface area (Å²) in [7, 11) is 0. The van der Waals surface area contributed by atoms with Crippen LogP contribution in [0.25, 0.3) is 11.4 Å². The number of ether oxygens (including phenoxy) is 1. The molecule has 0 fully saturated rings. The lowest BCUT2D eigenvalue weighted by atomic mass is 10.2. The van der Waals surface area contributed by atoms with E-state index >= 15 is 0 Å². The number of imidazole rings is 1. The Kier molecular flexibility index (Phi) is 6.02. The third-order valence-corrected chi connectivity index (χ3v) is 4.52. The van der Waals surface area contributed by atoms with E-state index in [1.807, 2.05) is 30.3 Å². The first-order valence-electron chi connectivity index (χ1n) is 8.44. The molecule has 0 saturated heterocycles. The number of hydrogen-bond donors (Lipinski definition) is 2. The number of benzene rings is 2. The number of aromatic amines is 1. The molecule has 1 aromatic heterocycles. The Bertz CT molecular complexity index is 1020. The van der Waals surface area contributed by atoms with Gasteiger partial charge in [-0.25, -0.2) is 9.78 Å². The molecular weight excluding hydrogens is 401 g/mol. The fourth-order valence-electron chi connectivity index (χ4n) is 2.49. The van der Waals surface area contributed by atoms with Crippen LogP contribution in [0.1, 0.15) is 23.1 Å². The first-order chi connectivity index (χ1) is 13.3. The van der Waals surface area contributed by atoms with Gasteiger partial charge in [-0.05, 0) is 32.0 Å². The average Bonchev–Trinajstić information content (AvgIpc) is 3.06. The van der Waals surface area contributed by atoms with Crippen LogP contribution in [0.2, 0.25) is 10.0 Å². The van der Waals surface area contributed by atoms with Crippen molar-refractivity contribution in [2.24, 2.45) is 0 Å². The van der Waals surface area contributed by atoms with Crippen molar-refractivity contribution in [2.45, 2.75) is 20.0 Å². The molecule has 3 aromatic rings. The molecule has 0 aliphatic carbocycles. The summed E-state index contributed by atoms with van der Waals surface area (Å²) in [4.78, 5) is 32.1. The molecule has 0 aliphatic heterocycles. The van der Waals surface area contributed by atoms with E-state index in [1.54, 1.807) is 19.1 Å². The van der Waals surface area contributed by atoms with Crippen LogP contribution in [0, 0.1) is 6.92 Å². The van der Waals surface area contributed by atoms with E-state index in [0.717, 1.165) is 5.56 Å². The van der Waals surface area contributed by atoms with E-state index in [0.29, 0.717) is 22.2 Å². The van der Waals surface area contributed by atoms with E-state index in [1.165, 1.54) is 13.0 Å². The van der Waals surface area contributed by atoms with Crippen molar-refractivity contribution in [3.8, 4) is 11.4 Å². The Balaban J connectivity index is 1.68. The lowest BCUT2D eigenvalue weighted by molar-refractivity contribution is -0.123. The van der Waals surface area contributed by atoms with Crippen molar-refractivity contribution in [1.29, 1.82) is 0 Å². The molecule has 3 rings (SSSR count). The van der Waals surface area contributed by atoms with Gasteiger partial charge in [0, 0.05) is 16.3 Å². The van der Waals surface area contributed by atoms with Crippen molar-refractivity contribution in [1.82, 2.24) is 9.97 Å². The van der Waals surface area contributed by atoms with Crippen molar-refractivity contribution < 1.29 is 14.3 Å². The quantitative estimate of drug-likeness (QED) is 0.579. The zero-order valence-corrected chi connectivity index (χ0v) is 16.6. The summed E-state index contributed by atoms with van der Waals surface area (Å²) in [6.45, 7) is 3.19. The highest BCUT2D eigenvalue weighted by atomic mass is 35.5. The standard InChI is InChI=1S/C20H17Cl2N3O3/c1-11-17(25-18(23-11)13-6-4-3-5-7-13)20(27)28-12(2)19(26)24-16-9-8-14(21)10-15(16)22/h3-10,12H,1-2H3,(H,23,25)(H,24,26)/t12-/m1/s1. The minimum absolute atomic E-state index is 0.128. The molecule has 0 spiro atoms. The van der Waals surface area contributed by atoms with Crippen LogP contribution >= 0.6 is 23.2 Å². The maximum absolute atomic E-state index is 12.5. The number of halogens is 2. The number of nitrogens with zero attached hydrogens (tertiary/aromatic N) is 1. The molecule has 0 aliphatic rings. The minimum Gasteiger partial charge on any atom is -0.448 e. The topological polar surface area (TPSA) is 84.1 Å². The molecule has 1 atom stereocenters. The molecule has 0 bridgehead atoms. The Morgan fingerprint density at radius 1 is 1.14 bits per heavy atom. The van der Waals surface area contributed by atoms with E-state index in [-0.39, 0.29) is 10.7 Å². The van der Waals surface area contributed by atoms with Crippen molar-refractivity contribution in [2.75, 3.05) is 5.32 Å². The Morgan fingerprint density at radius 3 is 2.54 bits per heavy atom. The summed E-state index contributed by atoms with van der Waals surface area (Å²) in [6.07, 6.45) is -1.05. The number of amides is 1. The zero-order valence-electron chi connectivity index (χ0n) is 15.1. The van der Waals surface area contributed by atoms with Crippen molar-refractivity contribution >= 4 is 40.8 Å². The molecule has 1 amide bonds. The molecule has 0 radical (unpaired) electrons. The van der Waals surface area contributed by atoms with Crippen LogP contribution in [0.3, 0.4) is 0 Å². The maximum atomic E-state index is 12.5. The number of hydrogen-bond acceptors (Lipinski definition) is 4.